The summed E-state index contributed by atoms with van der Waals surface area (Å²) in [6, 6.07) is 0. The molecule has 90 valence electrons. The molecule has 0 radical (unpaired) electrons. The summed E-state index contributed by atoms with van der Waals surface area (Å²) in [6.07, 6.45) is 1.19. The summed E-state index contributed by atoms with van der Waals surface area (Å²) in [4.78, 5) is 10.9. The number of carboxylic acid groups (broad SMARTS) is 1. The Hall–Kier alpha value is -0.250. The number of rotatable bonds is 8. The van der Waals surface area contributed by atoms with Crippen molar-refractivity contribution in [1.82, 2.24) is 0 Å². The Balaban J connectivity index is 3.72. The van der Waals surface area contributed by atoms with Crippen LogP contribution in [0.5, 0.6) is 0 Å². The molecule has 0 bridgehead atoms. The van der Waals surface area contributed by atoms with Gasteiger partial charge in [0.25, 0.3) is 0 Å². The Morgan fingerprint density at radius 3 is 2.40 bits per heavy atom. The zero-order valence-corrected chi connectivity index (χ0v) is 10.5. The summed E-state index contributed by atoms with van der Waals surface area (Å²) in [5, 5.41) is 8.60. The highest BCUT2D eigenvalue weighted by molar-refractivity contribution is 8.00. The predicted molar refractivity (Wildman–Crippen MR) is 63.1 cm³/mol. The van der Waals surface area contributed by atoms with Crippen molar-refractivity contribution in [2.75, 3.05) is 5.75 Å². The highest BCUT2D eigenvalue weighted by Crippen LogP contribution is 2.21. The van der Waals surface area contributed by atoms with Crippen LogP contribution in [0.1, 0.15) is 40.0 Å². The number of thioether (sulfide) groups is 1. The quantitative estimate of drug-likeness (QED) is 0.657. The van der Waals surface area contributed by atoms with Gasteiger partial charge in [0.2, 0.25) is 0 Å². The average molecular weight is 236 g/mol. The molecule has 0 saturated heterocycles. The fraction of sp³-hybridized carbons (Fsp3) is 0.909. The molecule has 4 heteroatoms. The van der Waals surface area contributed by atoms with Gasteiger partial charge in [0.1, 0.15) is 5.25 Å². The van der Waals surface area contributed by atoms with E-state index in [1.165, 1.54) is 18.7 Å². The second-order valence-electron chi connectivity index (χ2n) is 4.25. The third-order valence-electron chi connectivity index (χ3n) is 2.03. The van der Waals surface area contributed by atoms with Crippen LogP contribution in [0.25, 0.3) is 0 Å². The fourth-order valence-electron chi connectivity index (χ4n) is 1.26. The van der Waals surface area contributed by atoms with Crippen molar-refractivity contribution in [3.05, 3.63) is 0 Å². The molecule has 1 N–H and O–H groups in total. The Kier molecular flexibility index (Phi) is 7.83. The number of carboxylic acids is 1. The lowest BCUT2D eigenvalue weighted by atomic mass is 10.1. The molecule has 0 fully saturated rings. The number of hydrogen-bond acceptors (Lipinski definition) is 2. The van der Waals surface area contributed by atoms with E-state index < -0.39 is 12.1 Å². The summed E-state index contributed by atoms with van der Waals surface area (Å²) in [7, 11) is 0. The minimum absolute atomic E-state index is 0.333. The van der Waals surface area contributed by atoms with Gasteiger partial charge in [-0.25, -0.2) is 4.39 Å². The third kappa shape index (κ3) is 8.73. The molecule has 0 spiro atoms. The lowest BCUT2D eigenvalue weighted by Crippen LogP contribution is -2.19. The van der Waals surface area contributed by atoms with Gasteiger partial charge < -0.3 is 5.11 Å². The molecule has 0 aliphatic rings. The van der Waals surface area contributed by atoms with E-state index in [0.29, 0.717) is 18.8 Å². The molecular formula is C11H21FO2S. The summed E-state index contributed by atoms with van der Waals surface area (Å²) in [6.45, 7) is 5.56. The van der Waals surface area contributed by atoms with Gasteiger partial charge in [-0.2, -0.15) is 0 Å². The Bertz CT molecular complexity index is 183. The van der Waals surface area contributed by atoms with Crippen molar-refractivity contribution < 1.29 is 14.3 Å². The molecule has 0 rings (SSSR count). The number of alkyl halides is 1. The van der Waals surface area contributed by atoms with E-state index >= 15 is 0 Å². The van der Waals surface area contributed by atoms with Gasteiger partial charge in [-0.15, -0.1) is 11.8 Å². The summed E-state index contributed by atoms with van der Waals surface area (Å²) < 4.78 is 12.5. The maximum Gasteiger partial charge on any atom is 0.316 e. The van der Waals surface area contributed by atoms with Crippen LogP contribution >= 0.6 is 11.8 Å². The molecule has 0 aromatic rings. The van der Waals surface area contributed by atoms with Crippen LogP contribution in [-0.4, -0.2) is 28.3 Å². The van der Waals surface area contributed by atoms with E-state index in [2.05, 4.69) is 0 Å². The van der Waals surface area contributed by atoms with E-state index in [1.807, 2.05) is 13.8 Å². The van der Waals surface area contributed by atoms with Gasteiger partial charge in [0.15, 0.2) is 0 Å². The van der Waals surface area contributed by atoms with Crippen LogP contribution < -0.4 is 0 Å². The van der Waals surface area contributed by atoms with Crippen LogP contribution in [0.3, 0.4) is 0 Å². The molecule has 0 saturated carbocycles. The first-order chi connectivity index (χ1) is 6.93. The smallest absolute Gasteiger partial charge is 0.316 e. The molecular weight excluding hydrogens is 215 g/mol. The second kappa shape index (κ2) is 7.97. The highest BCUT2D eigenvalue weighted by Gasteiger charge is 2.18. The molecule has 0 amide bonds. The van der Waals surface area contributed by atoms with Crippen LogP contribution in [0, 0.1) is 5.92 Å². The number of hydrogen-bond donors (Lipinski definition) is 1. The van der Waals surface area contributed by atoms with Crippen LogP contribution in [0.15, 0.2) is 0 Å². The Morgan fingerprint density at radius 1 is 1.40 bits per heavy atom. The molecule has 15 heavy (non-hydrogen) atoms. The van der Waals surface area contributed by atoms with Crippen molar-refractivity contribution in [3.63, 3.8) is 0 Å². The first-order valence-electron chi connectivity index (χ1n) is 5.42. The summed E-state index contributed by atoms with van der Waals surface area (Å²) in [5.41, 5.74) is 0. The Labute approximate surface area is 95.6 Å². The van der Waals surface area contributed by atoms with Crippen molar-refractivity contribution in [3.8, 4) is 0 Å². The van der Waals surface area contributed by atoms with Crippen molar-refractivity contribution in [2.24, 2.45) is 5.92 Å². The number of aliphatic carboxylic acids is 1. The van der Waals surface area contributed by atoms with Crippen molar-refractivity contribution in [2.45, 2.75) is 51.5 Å². The van der Waals surface area contributed by atoms with Crippen molar-refractivity contribution >= 4 is 17.7 Å². The van der Waals surface area contributed by atoms with Gasteiger partial charge >= 0.3 is 5.97 Å². The minimum atomic E-state index is -0.779. The second-order valence-corrected chi connectivity index (χ2v) is 5.56. The molecule has 2 unspecified atom stereocenters. The number of halogens is 1. The average Bonchev–Trinajstić information content (AvgIpc) is 2.08. The summed E-state index contributed by atoms with van der Waals surface area (Å²) in [5.74, 6) is 0.374. The molecule has 2 nitrogen and oxygen atoms in total. The maximum absolute atomic E-state index is 12.5. The van der Waals surface area contributed by atoms with Crippen LogP contribution in [-0.2, 0) is 4.79 Å². The lowest BCUT2D eigenvalue weighted by Gasteiger charge is -2.14. The van der Waals surface area contributed by atoms with E-state index in [0.717, 1.165) is 12.2 Å². The molecule has 0 aliphatic carbocycles. The van der Waals surface area contributed by atoms with Gasteiger partial charge in [-0.1, -0.05) is 13.8 Å². The largest absolute Gasteiger partial charge is 0.480 e. The predicted octanol–water partition coefficient (Wildman–Crippen LogP) is 3.36. The molecule has 0 aromatic heterocycles. The van der Waals surface area contributed by atoms with Gasteiger partial charge in [0, 0.05) is 0 Å². The maximum atomic E-state index is 12.5. The Morgan fingerprint density at radius 2 is 2.00 bits per heavy atom. The molecule has 0 aromatic carbocycles. The minimum Gasteiger partial charge on any atom is -0.480 e. The van der Waals surface area contributed by atoms with Gasteiger partial charge in [-0.05, 0) is 37.9 Å². The zero-order chi connectivity index (χ0) is 11.8. The van der Waals surface area contributed by atoms with E-state index in [1.54, 1.807) is 0 Å². The molecule has 0 aliphatic heterocycles. The first kappa shape index (κ1) is 14.8. The van der Waals surface area contributed by atoms with Crippen LogP contribution in [0.2, 0.25) is 0 Å². The lowest BCUT2D eigenvalue weighted by molar-refractivity contribution is -0.136. The highest BCUT2D eigenvalue weighted by atomic mass is 32.2. The van der Waals surface area contributed by atoms with Gasteiger partial charge in [-0.3, -0.25) is 4.79 Å². The molecule has 0 heterocycles. The topological polar surface area (TPSA) is 37.3 Å². The standard InChI is InChI=1S/C11H21FO2S/c1-8(2)7-10(11(13)14)15-6-4-5-9(3)12/h8-10H,4-7H2,1-3H3,(H,13,14). The molecule has 2 atom stereocenters. The SMILES string of the molecule is CC(C)CC(SCCCC(C)F)C(=O)O. The number of carbonyl (C=O) groups is 1. The van der Waals surface area contributed by atoms with Crippen molar-refractivity contribution in [1.29, 1.82) is 0 Å². The fourth-order valence-corrected chi connectivity index (χ4v) is 2.54. The first-order valence-corrected chi connectivity index (χ1v) is 6.46. The van der Waals surface area contributed by atoms with E-state index in [4.69, 9.17) is 5.11 Å². The van der Waals surface area contributed by atoms with E-state index in [-0.39, 0.29) is 5.25 Å². The van der Waals surface area contributed by atoms with Gasteiger partial charge in [0.05, 0.1) is 6.17 Å². The van der Waals surface area contributed by atoms with E-state index in [9.17, 15) is 9.18 Å². The van der Waals surface area contributed by atoms with Crippen LogP contribution in [0.4, 0.5) is 4.39 Å². The monoisotopic (exact) mass is 236 g/mol. The normalized spacial score (nSPS) is 15.3. The third-order valence-corrected chi connectivity index (χ3v) is 3.35. The zero-order valence-electron chi connectivity index (χ0n) is 9.70. The summed E-state index contributed by atoms with van der Waals surface area (Å²) >= 11 is 1.43.